The molecule has 2 heteroatoms. The summed E-state index contributed by atoms with van der Waals surface area (Å²) in [4.78, 5) is 2.32. The van der Waals surface area contributed by atoms with Crippen molar-refractivity contribution >= 4 is 24.4 Å². The summed E-state index contributed by atoms with van der Waals surface area (Å²) in [6.45, 7) is 2.09. The van der Waals surface area contributed by atoms with E-state index in [4.69, 9.17) is 0 Å². The number of benzene rings is 1. The highest BCUT2D eigenvalue weighted by Gasteiger charge is 1.95. The van der Waals surface area contributed by atoms with Crippen molar-refractivity contribution in [3.8, 4) is 0 Å². The first-order valence-corrected chi connectivity index (χ1v) is 4.75. The molecule has 0 fully saturated rings. The number of aryl methyl sites for hydroxylation is 1. The first-order chi connectivity index (χ1) is 4.74. The number of thiol groups is 1. The predicted octanol–water partition coefficient (Wildman–Crippen LogP) is 3.01. The average molecular weight is 170 g/mol. The lowest BCUT2D eigenvalue weighted by atomic mass is 10.2. The van der Waals surface area contributed by atoms with Crippen molar-refractivity contribution in [2.75, 3.05) is 6.26 Å². The lowest BCUT2D eigenvalue weighted by Gasteiger charge is -2.00. The molecule has 0 spiro atoms. The van der Waals surface area contributed by atoms with Crippen LogP contribution in [0.2, 0.25) is 0 Å². The quantitative estimate of drug-likeness (QED) is 0.499. The summed E-state index contributed by atoms with van der Waals surface area (Å²) < 4.78 is 0. The molecule has 0 nitrogen and oxygen atoms in total. The molecule has 0 amide bonds. The first kappa shape index (κ1) is 8.02. The molecule has 1 rings (SSSR count). The van der Waals surface area contributed by atoms with Crippen LogP contribution >= 0.6 is 24.4 Å². The Bertz CT molecular complexity index is 231. The topological polar surface area (TPSA) is 0 Å². The minimum atomic E-state index is 1.07. The van der Waals surface area contributed by atoms with E-state index in [0.29, 0.717) is 0 Å². The van der Waals surface area contributed by atoms with E-state index < -0.39 is 0 Å². The maximum atomic E-state index is 4.30. The van der Waals surface area contributed by atoms with Gasteiger partial charge in [-0.3, -0.25) is 0 Å². The van der Waals surface area contributed by atoms with E-state index in [2.05, 4.69) is 37.9 Å². The zero-order chi connectivity index (χ0) is 7.56. The fourth-order valence-electron chi connectivity index (χ4n) is 0.785. The summed E-state index contributed by atoms with van der Waals surface area (Å²) in [6.07, 6.45) is 2.06. The minimum Gasteiger partial charge on any atom is -0.142 e. The van der Waals surface area contributed by atoms with Crippen molar-refractivity contribution in [1.29, 1.82) is 0 Å². The summed E-state index contributed by atoms with van der Waals surface area (Å²) in [7, 11) is 0. The Hall–Kier alpha value is -0.0800. The molecule has 0 aliphatic carbocycles. The monoisotopic (exact) mass is 170 g/mol. The molecule has 0 N–H and O–H groups in total. The van der Waals surface area contributed by atoms with E-state index in [1.54, 1.807) is 11.8 Å². The molecule has 0 aliphatic rings. The molecule has 1 aromatic rings. The van der Waals surface area contributed by atoms with Crippen molar-refractivity contribution in [3.05, 3.63) is 23.8 Å². The number of thioether (sulfide) groups is 1. The average Bonchev–Trinajstić information content (AvgIpc) is 1.94. The highest BCUT2D eigenvalue weighted by molar-refractivity contribution is 7.99. The van der Waals surface area contributed by atoms with Crippen molar-refractivity contribution in [2.24, 2.45) is 0 Å². The van der Waals surface area contributed by atoms with Crippen LogP contribution in [0.3, 0.4) is 0 Å². The zero-order valence-corrected chi connectivity index (χ0v) is 7.80. The molecule has 0 unspecified atom stereocenters. The van der Waals surface area contributed by atoms with Crippen LogP contribution in [0.25, 0.3) is 0 Å². The van der Waals surface area contributed by atoms with Crippen LogP contribution in [-0.2, 0) is 0 Å². The van der Waals surface area contributed by atoms with Gasteiger partial charge in [-0.05, 0) is 30.9 Å². The van der Waals surface area contributed by atoms with Gasteiger partial charge in [0.1, 0.15) is 0 Å². The maximum Gasteiger partial charge on any atom is 0.0205 e. The summed E-state index contributed by atoms with van der Waals surface area (Å²) in [5, 5.41) is 0. The van der Waals surface area contributed by atoms with Gasteiger partial charge in [0.05, 0.1) is 0 Å². The molecular weight excluding hydrogens is 160 g/mol. The second-order valence-electron chi connectivity index (χ2n) is 2.18. The van der Waals surface area contributed by atoms with E-state index in [-0.39, 0.29) is 0 Å². The maximum absolute atomic E-state index is 4.30. The van der Waals surface area contributed by atoms with E-state index in [0.717, 1.165) is 4.90 Å². The Morgan fingerprint density at radius 2 is 2.10 bits per heavy atom. The molecule has 0 saturated carbocycles. The van der Waals surface area contributed by atoms with Gasteiger partial charge in [-0.1, -0.05) is 6.07 Å². The first-order valence-electron chi connectivity index (χ1n) is 3.07. The number of hydrogen-bond acceptors (Lipinski definition) is 2. The van der Waals surface area contributed by atoms with Gasteiger partial charge in [0.25, 0.3) is 0 Å². The van der Waals surface area contributed by atoms with Gasteiger partial charge in [-0.2, -0.15) is 0 Å². The third kappa shape index (κ3) is 1.70. The highest BCUT2D eigenvalue weighted by Crippen LogP contribution is 2.24. The Morgan fingerprint density at radius 3 is 2.60 bits per heavy atom. The zero-order valence-electron chi connectivity index (χ0n) is 6.09. The molecule has 1 aromatic carbocycles. The molecule has 54 valence electrons. The fourth-order valence-corrected chi connectivity index (χ4v) is 1.78. The van der Waals surface area contributed by atoms with Crippen molar-refractivity contribution in [1.82, 2.24) is 0 Å². The number of rotatable bonds is 1. The van der Waals surface area contributed by atoms with Crippen LogP contribution in [-0.4, -0.2) is 6.26 Å². The van der Waals surface area contributed by atoms with Gasteiger partial charge in [0.15, 0.2) is 0 Å². The van der Waals surface area contributed by atoms with Crippen LogP contribution in [0.1, 0.15) is 5.56 Å². The van der Waals surface area contributed by atoms with Gasteiger partial charge >= 0.3 is 0 Å². The Balaban J connectivity index is 3.09. The second kappa shape index (κ2) is 3.35. The Morgan fingerprint density at radius 1 is 1.40 bits per heavy atom. The van der Waals surface area contributed by atoms with Crippen molar-refractivity contribution < 1.29 is 0 Å². The third-order valence-electron chi connectivity index (χ3n) is 1.34. The van der Waals surface area contributed by atoms with Crippen LogP contribution in [0, 0.1) is 6.92 Å². The van der Waals surface area contributed by atoms with E-state index >= 15 is 0 Å². The molecule has 0 heterocycles. The molecule has 10 heavy (non-hydrogen) atoms. The van der Waals surface area contributed by atoms with Gasteiger partial charge in [0.2, 0.25) is 0 Å². The summed E-state index contributed by atoms with van der Waals surface area (Å²) in [6, 6.07) is 6.25. The minimum absolute atomic E-state index is 1.07. The standard InChI is InChI=1S/C8H10S2/c1-6-3-4-7(9)8(5-6)10-2/h3-5,9H,1-2H3. The largest absolute Gasteiger partial charge is 0.142 e. The summed E-state index contributed by atoms with van der Waals surface area (Å²) in [5.74, 6) is 0. The van der Waals surface area contributed by atoms with Crippen LogP contribution in [0.4, 0.5) is 0 Å². The lowest BCUT2D eigenvalue weighted by Crippen LogP contribution is -1.76. The van der Waals surface area contributed by atoms with E-state index in [9.17, 15) is 0 Å². The fraction of sp³-hybridized carbons (Fsp3) is 0.250. The predicted molar refractivity (Wildman–Crippen MR) is 50.2 cm³/mol. The Kier molecular flexibility index (Phi) is 2.69. The molecule has 0 aromatic heterocycles. The number of hydrogen-bond donors (Lipinski definition) is 1. The Labute approximate surface area is 71.4 Å². The second-order valence-corrected chi connectivity index (χ2v) is 3.51. The molecule has 0 saturated heterocycles. The van der Waals surface area contributed by atoms with Crippen LogP contribution in [0.15, 0.2) is 28.0 Å². The van der Waals surface area contributed by atoms with E-state index in [1.807, 2.05) is 6.07 Å². The third-order valence-corrected chi connectivity index (χ3v) is 2.65. The van der Waals surface area contributed by atoms with Crippen LogP contribution in [0.5, 0.6) is 0 Å². The summed E-state index contributed by atoms with van der Waals surface area (Å²) >= 11 is 6.04. The van der Waals surface area contributed by atoms with Gasteiger partial charge in [-0.15, -0.1) is 24.4 Å². The molecule has 0 aliphatic heterocycles. The normalized spacial score (nSPS) is 9.90. The van der Waals surface area contributed by atoms with E-state index in [1.165, 1.54) is 10.5 Å². The molecular formula is C8H10S2. The molecule has 0 radical (unpaired) electrons. The van der Waals surface area contributed by atoms with Gasteiger partial charge in [-0.25, -0.2) is 0 Å². The SMILES string of the molecule is CSc1cc(C)ccc1S. The van der Waals surface area contributed by atoms with Gasteiger partial charge in [0, 0.05) is 9.79 Å². The van der Waals surface area contributed by atoms with Crippen molar-refractivity contribution in [2.45, 2.75) is 16.7 Å². The van der Waals surface area contributed by atoms with Crippen molar-refractivity contribution in [3.63, 3.8) is 0 Å². The highest BCUT2D eigenvalue weighted by atomic mass is 32.2. The van der Waals surface area contributed by atoms with Gasteiger partial charge < -0.3 is 0 Å². The summed E-state index contributed by atoms with van der Waals surface area (Å²) in [5.41, 5.74) is 1.29. The lowest BCUT2D eigenvalue weighted by molar-refractivity contribution is 1.22. The smallest absolute Gasteiger partial charge is 0.0205 e. The molecule has 0 atom stereocenters. The molecule has 0 bridgehead atoms. The van der Waals surface area contributed by atoms with Crippen LogP contribution < -0.4 is 0 Å².